The molecule has 4 rings (SSSR count). The molecule has 0 bridgehead atoms. The lowest BCUT2D eigenvalue weighted by atomic mass is 10.2. The summed E-state index contributed by atoms with van der Waals surface area (Å²) in [5, 5.41) is 2.69. The van der Waals surface area contributed by atoms with Gasteiger partial charge in [0.1, 0.15) is 18.2 Å². The average Bonchev–Trinajstić information content (AvgIpc) is 3.37. The van der Waals surface area contributed by atoms with Gasteiger partial charge in [-0.25, -0.2) is 9.18 Å². The fourth-order valence-electron chi connectivity index (χ4n) is 3.27. The van der Waals surface area contributed by atoms with Gasteiger partial charge in [0.05, 0.1) is 49.5 Å². The van der Waals surface area contributed by atoms with Crippen LogP contribution in [-0.4, -0.2) is 57.5 Å². The quantitative estimate of drug-likeness (QED) is 0.842. The molecule has 0 aliphatic carbocycles. The lowest BCUT2D eigenvalue weighted by Crippen LogP contribution is -2.37. The Balaban J connectivity index is 1.38. The highest BCUT2D eigenvalue weighted by Crippen LogP contribution is 2.28. The van der Waals surface area contributed by atoms with Crippen molar-refractivity contribution in [3.8, 4) is 0 Å². The molecule has 1 N–H and O–H groups in total. The summed E-state index contributed by atoms with van der Waals surface area (Å²) in [6.45, 7) is 2.75. The highest BCUT2D eigenvalue weighted by atomic mass is 19.1. The standard InChI is InChI=1S/C19H20FN3O5/c20-16-9-14(1-2-17(16)22-4-7-26-8-5-22)23-11-15(28-19(23)25)10-21-18(24)13-3-6-27-12-13/h1-3,6,9,12,15H,4-5,7-8,10-11H2,(H,21,24)/t15-/m0/s1. The van der Waals surface area contributed by atoms with Gasteiger partial charge in [0, 0.05) is 13.1 Å². The normalized spacial score (nSPS) is 19.6. The lowest BCUT2D eigenvalue weighted by molar-refractivity contribution is 0.0915. The number of carbonyl (C=O) groups is 2. The Morgan fingerprint density at radius 1 is 1.25 bits per heavy atom. The molecule has 2 saturated heterocycles. The number of nitrogens with one attached hydrogen (secondary N) is 1. The zero-order valence-electron chi connectivity index (χ0n) is 15.1. The number of hydrogen-bond acceptors (Lipinski definition) is 6. The van der Waals surface area contributed by atoms with Gasteiger partial charge in [-0.15, -0.1) is 0 Å². The van der Waals surface area contributed by atoms with Crippen LogP contribution in [0.4, 0.5) is 20.6 Å². The topological polar surface area (TPSA) is 84.2 Å². The summed E-state index contributed by atoms with van der Waals surface area (Å²) in [4.78, 5) is 27.4. The Morgan fingerprint density at radius 3 is 2.79 bits per heavy atom. The van der Waals surface area contributed by atoms with Crippen molar-refractivity contribution in [3.05, 3.63) is 48.2 Å². The van der Waals surface area contributed by atoms with Crippen LogP contribution in [-0.2, 0) is 9.47 Å². The first-order valence-corrected chi connectivity index (χ1v) is 9.02. The number of anilines is 2. The Morgan fingerprint density at radius 2 is 2.07 bits per heavy atom. The number of amides is 2. The number of halogens is 1. The second-order valence-electron chi connectivity index (χ2n) is 6.57. The molecule has 28 heavy (non-hydrogen) atoms. The molecule has 2 aromatic rings. The van der Waals surface area contributed by atoms with Crippen LogP contribution in [0.2, 0.25) is 0 Å². The average molecular weight is 389 g/mol. The Bertz CT molecular complexity index is 851. The molecule has 2 aliphatic heterocycles. The molecular formula is C19H20FN3O5. The summed E-state index contributed by atoms with van der Waals surface area (Å²) in [5.41, 5.74) is 1.30. The fourth-order valence-corrected chi connectivity index (χ4v) is 3.27. The summed E-state index contributed by atoms with van der Waals surface area (Å²) in [6, 6.07) is 6.23. The van der Waals surface area contributed by atoms with Crippen molar-refractivity contribution in [2.45, 2.75) is 6.10 Å². The van der Waals surface area contributed by atoms with E-state index in [-0.39, 0.29) is 19.0 Å². The first-order chi connectivity index (χ1) is 13.6. The maximum Gasteiger partial charge on any atom is 0.414 e. The van der Waals surface area contributed by atoms with E-state index in [1.165, 1.54) is 23.5 Å². The highest BCUT2D eigenvalue weighted by molar-refractivity contribution is 5.94. The molecule has 1 aromatic carbocycles. The molecule has 0 spiro atoms. The van der Waals surface area contributed by atoms with Crippen LogP contribution in [0, 0.1) is 5.82 Å². The molecule has 1 aromatic heterocycles. The lowest BCUT2D eigenvalue weighted by Gasteiger charge is -2.29. The maximum absolute atomic E-state index is 14.6. The van der Waals surface area contributed by atoms with Crippen LogP contribution in [0.1, 0.15) is 10.4 Å². The minimum absolute atomic E-state index is 0.153. The van der Waals surface area contributed by atoms with Gasteiger partial charge in [0.15, 0.2) is 0 Å². The second-order valence-corrected chi connectivity index (χ2v) is 6.57. The molecule has 0 saturated carbocycles. The van der Waals surface area contributed by atoms with Gasteiger partial charge in [-0.05, 0) is 24.3 Å². The number of cyclic esters (lactones) is 1. The monoisotopic (exact) mass is 389 g/mol. The van der Waals surface area contributed by atoms with Crippen molar-refractivity contribution in [2.24, 2.45) is 0 Å². The molecule has 0 radical (unpaired) electrons. The van der Waals surface area contributed by atoms with Crippen LogP contribution in [0.25, 0.3) is 0 Å². The van der Waals surface area contributed by atoms with Crippen LogP contribution in [0.3, 0.4) is 0 Å². The van der Waals surface area contributed by atoms with Gasteiger partial charge in [0.2, 0.25) is 0 Å². The van der Waals surface area contributed by atoms with E-state index >= 15 is 0 Å². The van der Waals surface area contributed by atoms with E-state index in [0.29, 0.717) is 43.2 Å². The highest BCUT2D eigenvalue weighted by Gasteiger charge is 2.33. The van der Waals surface area contributed by atoms with Crippen LogP contribution in [0.5, 0.6) is 0 Å². The SMILES string of the molecule is O=C(NC[C@H]1CN(c2ccc(N3CCOCC3)c(F)c2)C(=O)O1)c1ccoc1. The van der Waals surface area contributed by atoms with Crippen LogP contribution in [0.15, 0.2) is 41.2 Å². The predicted molar refractivity (Wildman–Crippen MR) is 98.1 cm³/mol. The van der Waals surface area contributed by atoms with Crippen molar-refractivity contribution < 1.29 is 27.9 Å². The smallest absolute Gasteiger partial charge is 0.414 e. The molecule has 148 valence electrons. The first-order valence-electron chi connectivity index (χ1n) is 9.02. The number of hydrogen-bond donors (Lipinski definition) is 1. The summed E-state index contributed by atoms with van der Waals surface area (Å²) in [5.74, 6) is -0.715. The van der Waals surface area contributed by atoms with Gasteiger partial charge in [-0.1, -0.05) is 0 Å². The van der Waals surface area contributed by atoms with Crippen molar-refractivity contribution in [1.82, 2.24) is 5.32 Å². The zero-order chi connectivity index (χ0) is 19.5. The third-order valence-electron chi connectivity index (χ3n) is 4.74. The van der Waals surface area contributed by atoms with Crippen molar-refractivity contribution in [3.63, 3.8) is 0 Å². The number of furan rings is 1. The maximum atomic E-state index is 14.6. The molecule has 1 atom stereocenters. The summed E-state index contributed by atoms with van der Waals surface area (Å²) < 4.78 is 30.0. The van der Waals surface area contributed by atoms with Crippen LogP contribution < -0.4 is 15.1 Å². The number of morpholine rings is 1. The van der Waals surface area contributed by atoms with Crippen molar-refractivity contribution >= 4 is 23.4 Å². The predicted octanol–water partition coefficient (Wildman–Crippen LogP) is 2.01. The van der Waals surface area contributed by atoms with Crippen molar-refractivity contribution in [1.29, 1.82) is 0 Å². The van der Waals surface area contributed by atoms with E-state index in [2.05, 4.69) is 5.32 Å². The minimum Gasteiger partial charge on any atom is -0.472 e. The molecule has 2 aliphatic rings. The van der Waals surface area contributed by atoms with E-state index in [4.69, 9.17) is 13.9 Å². The Labute approximate surface area is 160 Å². The molecule has 2 amide bonds. The van der Waals surface area contributed by atoms with Gasteiger partial charge < -0.3 is 24.1 Å². The number of carbonyl (C=O) groups excluding carboxylic acids is 2. The zero-order valence-corrected chi connectivity index (χ0v) is 15.1. The molecular weight excluding hydrogens is 369 g/mol. The molecule has 0 unspecified atom stereocenters. The number of benzene rings is 1. The second kappa shape index (κ2) is 7.89. The summed E-state index contributed by atoms with van der Waals surface area (Å²) in [6.07, 6.45) is 1.65. The largest absolute Gasteiger partial charge is 0.472 e. The fraction of sp³-hybridized carbons (Fsp3) is 0.368. The first kappa shape index (κ1) is 18.3. The van der Waals surface area contributed by atoms with E-state index in [1.54, 1.807) is 18.2 Å². The summed E-state index contributed by atoms with van der Waals surface area (Å²) >= 11 is 0. The van der Waals surface area contributed by atoms with E-state index in [1.807, 2.05) is 4.90 Å². The third-order valence-corrected chi connectivity index (χ3v) is 4.74. The third kappa shape index (κ3) is 3.79. The van der Waals surface area contributed by atoms with E-state index in [9.17, 15) is 14.0 Å². The molecule has 2 fully saturated rings. The Kier molecular flexibility index (Phi) is 5.16. The van der Waals surface area contributed by atoms with Crippen LogP contribution >= 0.6 is 0 Å². The van der Waals surface area contributed by atoms with E-state index in [0.717, 1.165) is 0 Å². The van der Waals surface area contributed by atoms with E-state index < -0.39 is 18.0 Å². The number of ether oxygens (including phenoxy) is 2. The summed E-state index contributed by atoms with van der Waals surface area (Å²) in [7, 11) is 0. The molecule has 9 heteroatoms. The van der Waals surface area contributed by atoms with Gasteiger partial charge >= 0.3 is 6.09 Å². The molecule has 8 nitrogen and oxygen atoms in total. The Hall–Kier alpha value is -3.07. The van der Waals surface area contributed by atoms with Gasteiger partial charge in [0.25, 0.3) is 5.91 Å². The van der Waals surface area contributed by atoms with Gasteiger partial charge in [-0.3, -0.25) is 9.69 Å². The number of nitrogens with zero attached hydrogens (tertiary/aromatic N) is 2. The van der Waals surface area contributed by atoms with Crippen molar-refractivity contribution in [2.75, 3.05) is 49.2 Å². The minimum atomic E-state index is -0.568. The number of rotatable bonds is 5. The molecule has 3 heterocycles. The van der Waals surface area contributed by atoms with Gasteiger partial charge in [-0.2, -0.15) is 0 Å².